The van der Waals surface area contributed by atoms with E-state index in [9.17, 15) is 14.7 Å². The van der Waals surface area contributed by atoms with Crippen LogP contribution in [0.1, 0.15) is 53.9 Å². The van der Waals surface area contributed by atoms with Crippen LogP contribution in [0.4, 0.5) is 0 Å². The molecular weight excluding hydrogens is 464 g/mol. The quantitative estimate of drug-likeness (QED) is 0.257. The fourth-order valence-corrected chi connectivity index (χ4v) is 4.43. The summed E-state index contributed by atoms with van der Waals surface area (Å²) in [7, 11) is 0. The minimum Gasteiger partial charge on any atom is -0.478 e. The maximum atomic E-state index is 13.5. The van der Waals surface area contributed by atoms with Crippen molar-refractivity contribution >= 4 is 16.9 Å². The third-order valence-corrected chi connectivity index (χ3v) is 6.34. The van der Waals surface area contributed by atoms with Crippen LogP contribution in [0, 0.1) is 6.92 Å². The first-order valence-electron chi connectivity index (χ1n) is 12.6. The number of rotatable bonds is 11. The SMILES string of the molecule is C=CCc1cc(Cn2c(CCCC)nc3ccc(C)cc3c2=O)ccc1OC(C(=O)O)c1ccccc1. The van der Waals surface area contributed by atoms with Gasteiger partial charge < -0.3 is 9.84 Å². The number of hydrogen-bond acceptors (Lipinski definition) is 4. The van der Waals surface area contributed by atoms with Crippen molar-refractivity contribution in [3.05, 3.63) is 118 Å². The number of nitrogens with zero attached hydrogens (tertiary/aromatic N) is 2. The van der Waals surface area contributed by atoms with E-state index in [0.29, 0.717) is 36.1 Å². The zero-order chi connectivity index (χ0) is 26.4. The Morgan fingerprint density at radius 3 is 2.62 bits per heavy atom. The van der Waals surface area contributed by atoms with Gasteiger partial charge in [-0.05, 0) is 55.2 Å². The van der Waals surface area contributed by atoms with E-state index in [4.69, 9.17) is 9.72 Å². The first-order valence-corrected chi connectivity index (χ1v) is 12.6. The monoisotopic (exact) mass is 496 g/mol. The highest BCUT2D eigenvalue weighted by Crippen LogP contribution is 2.28. The molecule has 1 aromatic heterocycles. The van der Waals surface area contributed by atoms with E-state index >= 15 is 0 Å². The minimum atomic E-state index is -1.13. The predicted molar refractivity (Wildman–Crippen MR) is 146 cm³/mol. The first-order chi connectivity index (χ1) is 17.9. The van der Waals surface area contributed by atoms with Crippen LogP contribution < -0.4 is 10.3 Å². The predicted octanol–water partition coefficient (Wildman–Crippen LogP) is 6.03. The second-order valence-electron chi connectivity index (χ2n) is 9.23. The largest absolute Gasteiger partial charge is 0.478 e. The van der Waals surface area contributed by atoms with Crippen LogP contribution in [-0.4, -0.2) is 20.6 Å². The molecule has 4 aromatic rings. The Labute approximate surface area is 216 Å². The summed E-state index contributed by atoms with van der Waals surface area (Å²) in [6, 6.07) is 20.3. The Morgan fingerprint density at radius 2 is 1.92 bits per heavy atom. The van der Waals surface area contributed by atoms with Gasteiger partial charge in [0.2, 0.25) is 6.10 Å². The highest BCUT2D eigenvalue weighted by molar-refractivity contribution is 5.78. The third-order valence-electron chi connectivity index (χ3n) is 6.34. The topological polar surface area (TPSA) is 81.4 Å². The van der Waals surface area contributed by atoms with Gasteiger partial charge in [-0.3, -0.25) is 9.36 Å². The zero-order valence-electron chi connectivity index (χ0n) is 21.3. The lowest BCUT2D eigenvalue weighted by atomic mass is 10.1. The van der Waals surface area contributed by atoms with Crippen LogP contribution in [0.3, 0.4) is 0 Å². The number of ether oxygens (including phenoxy) is 1. The van der Waals surface area contributed by atoms with Gasteiger partial charge in [-0.1, -0.05) is 67.4 Å². The average molecular weight is 497 g/mol. The minimum absolute atomic E-state index is 0.0552. The van der Waals surface area contributed by atoms with Crippen LogP contribution in [0.5, 0.6) is 5.75 Å². The Bertz CT molecular complexity index is 1470. The molecule has 0 fully saturated rings. The van der Waals surface area contributed by atoms with E-state index in [1.807, 2.05) is 43.3 Å². The molecule has 1 N–H and O–H groups in total. The van der Waals surface area contributed by atoms with Gasteiger partial charge in [0.1, 0.15) is 11.6 Å². The Kier molecular flexibility index (Phi) is 8.18. The highest BCUT2D eigenvalue weighted by Gasteiger charge is 2.23. The molecule has 0 aliphatic heterocycles. The van der Waals surface area contributed by atoms with Crippen molar-refractivity contribution in [2.45, 2.75) is 52.2 Å². The average Bonchev–Trinajstić information content (AvgIpc) is 2.89. The summed E-state index contributed by atoms with van der Waals surface area (Å²) in [6.45, 7) is 8.30. The fraction of sp³-hybridized carbons (Fsp3) is 0.258. The second kappa shape index (κ2) is 11.7. The van der Waals surface area contributed by atoms with E-state index < -0.39 is 12.1 Å². The van der Waals surface area contributed by atoms with Crippen molar-refractivity contribution in [1.29, 1.82) is 0 Å². The molecule has 4 rings (SSSR count). The van der Waals surface area contributed by atoms with E-state index in [0.717, 1.165) is 40.9 Å². The maximum Gasteiger partial charge on any atom is 0.349 e. The maximum absolute atomic E-state index is 13.5. The first kappa shape index (κ1) is 25.9. The zero-order valence-corrected chi connectivity index (χ0v) is 21.3. The fourth-order valence-electron chi connectivity index (χ4n) is 4.43. The molecule has 0 saturated carbocycles. The number of hydrogen-bond donors (Lipinski definition) is 1. The van der Waals surface area contributed by atoms with Gasteiger partial charge in [0.05, 0.1) is 17.4 Å². The number of aryl methyl sites for hydroxylation is 2. The number of unbranched alkanes of at least 4 members (excludes halogenated alkanes) is 1. The molecule has 0 spiro atoms. The van der Waals surface area contributed by atoms with E-state index in [-0.39, 0.29) is 5.56 Å². The summed E-state index contributed by atoms with van der Waals surface area (Å²) >= 11 is 0. The summed E-state index contributed by atoms with van der Waals surface area (Å²) in [5.74, 6) is 0.180. The number of carbonyl (C=O) groups is 1. The molecular formula is C31H32N2O4. The van der Waals surface area contributed by atoms with E-state index in [1.165, 1.54) is 0 Å². The lowest BCUT2D eigenvalue weighted by Crippen LogP contribution is -2.26. The van der Waals surface area contributed by atoms with Crippen LogP contribution in [0.15, 0.2) is 84.2 Å². The molecule has 37 heavy (non-hydrogen) atoms. The van der Waals surface area contributed by atoms with Crippen molar-refractivity contribution in [3.63, 3.8) is 0 Å². The Balaban J connectivity index is 1.72. The molecule has 0 amide bonds. The molecule has 0 bridgehead atoms. The molecule has 3 aromatic carbocycles. The Hall–Kier alpha value is -4.19. The van der Waals surface area contributed by atoms with Crippen LogP contribution >= 0.6 is 0 Å². The van der Waals surface area contributed by atoms with E-state index in [1.54, 1.807) is 41.0 Å². The van der Waals surface area contributed by atoms with Gasteiger partial charge in [0.25, 0.3) is 5.56 Å². The molecule has 1 heterocycles. The smallest absolute Gasteiger partial charge is 0.349 e. The normalized spacial score (nSPS) is 11.8. The van der Waals surface area contributed by atoms with Crippen LogP contribution in [0.25, 0.3) is 10.9 Å². The summed E-state index contributed by atoms with van der Waals surface area (Å²) in [6.07, 6.45) is 3.78. The number of carboxylic acids is 1. The van der Waals surface area contributed by atoms with Gasteiger partial charge in [0.15, 0.2) is 0 Å². The number of aliphatic carboxylic acids is 1. The van der Waals surface area contributed by atoms with Gasteiger partial charge in [0, 0.05) is 12.0 Å². The second-order valence-corrected chi connectivity index (χ2v) is 9.23. The lowest BCUT2D eigenvalue weighted by molar-refractivity contribution is -0.145. The van der Waals surface area contributed by atoms with Gasteiger partial charge >= 0.3 is 5.97 Å². The highest BCUT2D eigenvalue weighted by atomic mass is 16.5. The van der Waals surface area contributed by atoms with Crippen molar-refractivity contribution in [2.24, 2.45) is 0 Å². The van der Waals surface area contributed by atoms with Crippen molar-refractivity contribution in [1.82, 2.24) is 9.55 Å². The summed E-state index contributed by atoms with van der Waals surface area (Å²) < 4.78 is 7.75. The third kappa shape index (κ3) is 5.97. The van der Waals surface area contributed by atoms with Crippen molar-refractivity contribution in [3.8, 4) is 5.75 Å². The standard InChI is InChI=1S/C31H32N2O4/c1-4-6-13-28-32-26-16-14-21(3)18-25(26)30(34)33(28)20-22-15-17-27(24(19-22)10-5-2)37-29(31(35)36)23-11-8-7-9-12-23/h5,7-9,11-12,14-19,29H,2,4,6,10,13,20H2,1,3H3,(H,35,36). The molecule has 0 radical (unpaired) electrons. The lowest BCUT2D eigenvalue weighted by Gasteiger charge is -2.19. The number of benzene rings is 3. The van der Waals surface area contributed by atoms with Gasteiger partial charge in [-0.25, -0.2) is 9.78 Å². The molecule has 1 unspecified atom stereocenters. The Morgan fingerprint density at radius 1 is 1.14 bits per heavy atom. The molecule has 190 valence electrons. The molecule has 1 atom stereocenters. The number of carboxylic acid groups (broad SMARTS) is 1. The van der Waals surface area contributed by atoms with Crippen LogP contribution in [-0.2, 0) is 24.2 Å². The van der Waals surface area contributed by atoms with Gasteiger partial charge in [-0.15, -0.1) is 6.58 Å². The summed E-state index contributed by atoms with van der Waals surface area (Å²) in [5.41, 5.74) is 3.95. The van der Waals surface area contributed by atoms with Crippen molar-refractivity contribution < 1.29 is 14.6 Å². The molecule has 0 aliphatic rings. The molecule has 0 saturated heterocycles. The molecule has 6 heteroatoms. The van der Waals surface area contributed by atoms with Crippen LogP contribution in [0.2, 0.25) is 0 Å². The van der Waals surface area contributed by atoms with Gasteiger partial charge in [-0.2, -0.15) is 0 Å². The number of allylic oxidation sites excluding steroid dienone is 1. The summed E-state index contributed by atoms with van der Waals surface area (Å²) in [4.78, 5) is 30.4. The van der Waals surface area contributed by atoms with E-state index in [2.05, 4.69) is 13.5 Å². The molecule has 6 nitrogen and oxygen atoms in total. The summed E-state index contributed by atoms with van der Waals surface area (Å²) in [5, 5.41) is 10.4. The van der Waals surface area contributed by atoms with Crippen molar-refractivity contribution in [2.75, 3.05) is 0 Å². The molecule has 0 aliphatic carbocycles. The number of fused-ring (bicyclic) bond motifs is 1. The number of aromatic nitrogens is 2.